The minimum Gasteiger partial charge on any atom is -0.366 e. The second-order valence-electron chi connectivity index (χ2n) is 4.07. The van der Waals surface area contributed by atoms with Gasteiger partial charge in [0.2, 0.25) is 0 Å². The van der Waals surface area contributed by atoms with E-state index in [9.17, 15) is 0 Å². The van der Waals surface area contributed by atoms with Crippen molar-refractivity contribution >= 4 is 40.1 Å². The molecule has 0 saturated carbocycles. The molecule has 1 aromatic heterocycles. The highest BCUT2D eigenvalue weighted by Crippen LogP contribution is 2.12. The highest BCUT2D eigenvalue weighted by atomic mass is 32.2. The van der Waals surface area contributed by atoms with Crippen LogP contribution in [0, 0.1) is 0 Å². The standard InChI is InChI=1S/C13H18N4S2/c1-14-13(18)15-7-9-19-8-6-12-16-10-4-2-3-5-11(10)17-12/h2-5H,6-9H2,1H3,(H,16,17)(H2,14,15,18). The molecule has 0 aliphatic carbocycles. The summed E-state index contributed by atoms with van der Waals surface area (Å²) < 4.78 is 0. The number of rotatable bonds is 6. The molecule has 0 aliphatic heterocycles. The van der Waals surface area contributed by atoms with E-state index in [2.05, 4.69) is 26.7 Å². The second kappa shape index (κ2) is 7.35. The summed E-state index contributed by atoms with van der Waals surface area (Å²) in [4.78, 5) is 7.90. The molecule has 2 aromatic rings. The van der Waals surface area contributed by atoms with Crippen molar-refractivity contribution in [3.05, 3.63) is 30.1 Å². The zero-order valence-corrected chi connectivity index (χ0v) is 12.5. The van der Waals surface area contributed by atoms with E-state index in [4.69, 9.17) is 12.2 Å². The van der Waals surface area contributed by atoms with Gasteiger partial charge in [-0.25, -0.2) is 4.98 Å². The molecule has 102 valence electrons. The Kier molecular flexibility index (Phi) is 5.47. The van der Waals surface area contributed by atoms with Gasteiger partial charge in [0.05, 0.1) is 11.0 Å². The van der Waals surface area contributed by atoms with Crippen LogP contribution in [0.1, 0.15) is 5.82 Å². The third-order valence-electron chi connectivity index (χ3n) is 2.68. The normalized spacial score (nSPS) is 10.6. The zero-order chi connectivity index (χ0) is 13.5. The van der Waals surface area contributed by atoms with Crippen LogP contribution in [0.3, 0.4) is 0 Å². The number of H-pyrrole nitrogens is 1. The number of hydrogen-bond acceptors (Lipinski definition) is 3. The second-order valence-corrected chi connectivity index (χ2v) is 5.70. The maximum absolute atomic E-state index is 5.00. The van der Waals surface area contributed by atoms with Crippen LogP contribution in [0.5, 0.6) is 0 Å². The number of benzene rings is 1. The lowest BCUT2D eigenvalue weighted by Gasteiger charge is -2.05. The van der Waals surface area contributed by atoms with Crippen LogP contribution < -0.4 is 10.6 Å². The highest BCUT2D eigenvalue weighted by Gasteiger charge is 2.01. The number of nitrogens with zero attached hydrogens (tertiary/aromatic N) is 1. The van der Waals surface area contributed by atoms with E-state index in [-0.39, 0.29) is 0 Å². The highest BCUT2D eigenvalue weighted by molar-refractivity contribution is 7.99. The molecule has 1 heterocycles. The average molecular weight is 294 g/mol. The number of thiocarbonyl (C=S) groups is 1. The Balaban J connectivity index is 1.67. The van der Waals surface area contributed by atoms with Crippen molar-refractivity contribution in [3.8, 4) is 0 Å². The molecule has 19 heavy (non-hydrogen) atoms. The van der Waals surface area contributed by atoms with Gasteiger partial charge < -0.3 is 15.6 Å². The monoisotopic (exact) mass is 294 g/mol. The Morgan fingerprint density at radius 3 is 3.00 bits per heavy atom. The van der Waals surface area contributed by atoms with Crippen molar-refractivity contribution in [1.29, 1.82) is 0 Å². The summed E-state index contributed by atoms with van der Waals surface area (Å²) in [5.41, 5.74) is 2.16. The molecule has 3 N–H and O–H groups in total. The Labute approximate surface area is 122 Å². The summed E-state index contributed by atoms with van der Waals surface area (Å²) in [6.07, 6.45) is 0.968. The molecule has 0 fully saturated rings. The van der Waals surface area contributed by atoms with Crippen LogP contribution in [0.4, 0.5) is 0 Å². The third-order valence-corrected chi connectivity index (χ3v) is 4.01. The van der Waals surface area contributed by atoms with Crippen LogP contribution in [0.15, 0.2) is 24.3 Å². The lowest BCUT2D eigenvalue weighted by atomic mass is 10.3. The van der Waals surface area contributed by atoms with Gasteiger partial charge in [0.15, 0.2) is 5.11 Å². The fraction of sp³-hybridized carbons (Fsp3) is 0.385. The summed E-state index contributed by atoms with van der Waals surface area (Å²) in [5.74, 6) is 3.17. The molecule has 4 nitrogen and oxygen atoms in total. The maximum atomic E-state index is 5.00. The van der Waals surface area contributed by atoms with E-state index in [1.165, 1.54) is 0 Å². The molecule has 0 bridgehead atoms. The van der Waals surface area contributed by atoms with E-state index in [0.717, 1.165) is 41.3 Å². The minimum atomic E-state index is 0.706. The Morgan fingerprint density at radius 2 is 2.21 bits per heavy atom. The number of imidazole rings is 1. The summed E-state index contributed by atoms with van der Waals surface area (Å²) >= 11 is 6.90. The molecule has 0 aliphatic rings. The Morgan fingerprint density at radius 1 is 1.37 bits per heavy atom. The number of thioether (sulfide) groups is 1. The number of aryl methyl sites for hydroxylation is 1. The molecule has 6 heteroatoms. The van der Waals surface area contributed by atoms with Crippen LogP contribution >= 0.6 is 24.0 Å². The van der Waals surface area contributed by atoms with Gasteiger partial charge in [0.1, 0.15) is 5.82 Å². The number of nitrogens with one attached hydrogen (secondary N) is 3. The third kappa shape index (κ3) is 4.40. The fourth-order valence-electron chi connectivity index (χ4n) is 1.72. The lowest BCUT2D eigenvalue weighted by molar-refractivity contribution is 0.940. The molecule has 0 radical (unpaired) electrons. The Bertz CT molecular complexity index is 505. The van der Waals surface area contributed by atoms with Crippen LogP contribution in [-0.4, -0.2) is 40.2 Å². The van der Waals surface area contributed by atoms with Crippen molar-refractivity contribution in [2.45, 2.75) is 6.42 Å². The van der Waals surface area contributed by atoms with Crippen molar-refractivity contribution in [3.63, 3.8) is 0 Å². The topological polar surface area (TPSA) is 52.7 Å². The molecule has 0 atom stereocenters. The van der Waals surface area contributed by atoms with Crippen molar-refractivity contribution < 1.29 is 0 Å². The molecular formula is C13H18N4S2. The van der Waals surface area contributed by atoms with Crippen molar-refractivity contribution in [1.82, 2.24) is 20.6 Å². The van der Waals surface area contributed by atoms with Gasteiger partial charge in [0, 0.05) is 31.5 Å². The van der Waals surface area contributed by atoms with Crippen molar-refractivity contribution in [2.24, 2.45) is 0 Å². The van der Waals surface area contributed by atoms with Gasteiger partial charge >= 0.3 is 0 Å². The fourth-order valence-corrected chi connectivity index (χ4v) is 2.61. The molecule has 0 unspecified atom stereocenters. The smallest absolute Gasteiger partial charge is 0.166 e. The number of hydrogen-bond donors (Lipinski definition) is 3. The Hall–Kier alpha value is -1.27. The first-order valence-electron chi connectivity index (χ1n) is 6.26. The van der Waals surface area contributed by atoms with E-state index in [1.807, 2.05) is 37.0 Å². The van der Waals surface area contributed by atoms with Gasteiger partial charge in [-0.1, -0.05) is 12.1 Å². The van der Waals surface area contributed by atoms with E-state index < -0.39 is 0 Å². The first kappa shape index (κ1) is 14.1. The van der Waals surface area contributed by atoms with Crippen LogP contribution in [-0.2, 0) is 6.42 Å². The number of aromatic amines is 1. The molecule has 2 rings (SSSR count). The van der Waals surface area contributed by atoms with E-state index in [0.29, 0.717) is 5.11 Å². The zero-order valence-electron chi connectivity index (χ0n) is 10.9. The van der Waals surface area contributed by atoms with Gasteiger partial charge in [-0.2, -0.15) is 11.8 Å². The quantitative estimate of drug-likeness (QED) is 0.561. The first-order valence-corrected chi connectivity index (χ1v) is 7.83. The van der Waals surface area contributed by atoms with E-state index in [1.54, 1.807) is 0 Å². The first-order chi connectivity index (χ1) is 9.29. The van der Waals surface area contributed by atoms with Gasteiger partial charge in [-0.15, -0.1) is 0 Å². The molecular weight excluding hydrogens is 276 g/mol. The number of aromatic nitrogens is 2. The number of para-hydroxylation sites is 2. The van der Waals surface area contributed by atoms with Crippen molar-refractivity contribution in [2.75, 3.05) is 25.1 Å². The maximum Gasteiger partial charge on any atom is 0.166 e. The molecule has 0 saturated heterocycles. The van der Waals surface area contributed by atoms with Gasteiger partial charge in [-0.3, -0.25) is 0 Å². The predicted molar refractivity (Wildman–Crippen MR) is 86.8 cm³/mol. The minimum absolute atomic E-state index is 0.706. The summed E-state index contributed by atoms with van der Waals surface area (Å²) in [6, 6.07) is 8.13. The molecule has 0 spiro atoms. The van der Waals surface area contributed by atoms with Gasteiger partial charge in [-0.05, 0) is 24.4 Å². The lowest BCUT2D eigenvalue weighted by Crippen LogP contribution is -2.33. The van der Waals surface area contributed by atoms with Crippen LogP contribution in [0.25, 0.3) is 11.0 Å². The average Bonchev–Trinajstić information content (AvgIpc) is 2.84. The largest absolute Gasteiger partial charge is 0.366 e. The molecule has 0 amide bonds. The van der Waals surface area contributed by atoms with Crippen LogP contribution in [0.2, 0.25) is 0 Å². The number of fused-ring (bicyclic) bond motifs is 1. The summed E-state index contributed by atoms with van der Waals surface area (Å²) in [5, 5.41) is 6.73. The molecule has 1 aromatic carbocycles. The van der Waals surface area contributed by atoms with Gasteiger partial charge in [0.25, 0.3) is 0 Å². The van der Waals surface area contributed by atoms with E-state index >= 15 is 0 Å². The SMILES string of the molecule is CNC(=S)NCCSCCc1nc2ccccc2[nH]1. The predicted octanol–water partition coefficient (Wildman–Crippen LogP) is 1.93. The summed E-state index contributed by atoms with van der Waals surface area (Å²) in [7, 11) is 1.82. The summed E-state index contributed by atoms with van der Waals surface area (Å²) in [6.45, 7) is 0.893.